The number of hydrogen-bond acceptors (Lipinski definition) is 3. The molecule has 0 bridgehead atoms. The molecule has 4 heteroatoms. The van der Waals surface area contributed by atoms with Crippen LogP contribution in [0.2, 0.25) is 0 Å². The summed E-state index contributed by atoms with van der Waals surface area (Å²) in [7, 11) is 0. The molecule has 1 aliphatic heterocycles. The zero-order valence-electron chi connectivity index (χ0n) is 12.2. The molecule has 2 rings (SSSR count). The summed E-state index contributed by atoms with van der Waals surface area (Å²) in [5.41, 5.74) is 1.03. The van der Waals surface area contributed by atoms with Gasteiger partial charge in [0.05, 0.1) is 12.5 Å². The Labute approximate surface area is 120 Å². The molecule has 0 N–H and O–H groups in total. The fraction of sp³-hybridized carbons (Fsp3) is 0.562. The second-order valence-corrected chi connectivity index (χ2v) is 5.51. The van der Waals surface area contributed by atoms with Crippen molar-refractivity contribution in [2.45, 2.75) is 32.4 Å². The van der Waals surface area contributed by atoms with Gasteiger partial charge in [0.15, 0.2) is 0 Å². The minimum Gasteiger partial charge on any atom is -0.297 e. The van der Waals surface area contributed by atoms with Crippen molar-refractivity contribution in [3.63, 3.8) is 0 Å². The van der Waals surface area contributed by atoms with E-state index in [2.05, 4.69) is 29.7 Å². The molecule has 1 aromatic carbocycles. The molecule has 0 amide bonds. The van der Waals surface area contributed by atoms with Crippen LogP contribution in [-0.4, -0.2) is 42.0 Å². The van der Waals surface area contributed by atoms with Crippen molar-refractivity contribution >= 4 is 0 Å². The molecule has 0 aliphatic carbocycles. The van der Waals surface area contributed by atoms with E-state index in [9.17, 15) is 4.39 Å². The molecule has 0 spiro atoms. The SMILES string of the molecule is CC(CC#N)N1CCN(C(C)c2cccc(F)c2)CC1. The number of piperazine rings is 1. The zero-order valence-corrected chi connectivity index (χ0v) is 12.2. The van der Waals surface area contributed by atoms with E-state index >= 15 is 0 Å². The third kappa shape index (κ3) is 3.56. The normalized spacial score (nSPS) is 20.3. The van der Waals surface area contributed by atoms with Crippen molar-refractivity contribution in [3.05, 3.63) is 35.6 Å². The quantitative estimate of drug-likeness (QED) is 0.846. The lowest BCUT2D eigenvalue weighted by molar-refractivity contribution is 0.0795. The number of nitriles is 1. The molecule has 108 valence electrons. The predicted octanol–water partition coefficient (Wildman–Crippen LogP) is 2.81. The van der Waals surface area contributed by atoms with Crippen LogP contribution < -0.4 is 0 Å². The summed E-state index contributed by atoms with van der Waals surface area (Å²) in [4.78, 5) is 4.74. The van der Waals surface area contributed by atoms with E-state index in [-0.39, 0.29) is 11.9 Å². The molecule has 0 aromatic heterocycles. The third-order valence-electron chi connectivity index (χ3n) is 4.24. The minimum absolute atomic E-state index is 0.171. The van der Waals surface area contributed by atoms with Gasteiger partial charge in [0.2, 0.25) is 0 Å². The average molecular weight is 275 g/mol. The molecule has 0 saturated carbocycles. The van der Waals surface area contributed by atoms with Gasteiger partial charge >= 0.3 is 0 Å². The second kappa shape index (κ2) is 6.83. The fourth-order valence-electron chi connectivity index (χ4n) is 2.80. The summed E-state index contributed by atoms with van der Waals surface area (Å²) >= 11 is 0. The molecule has 1 aliphatic rings. The Morgan fingerprint density at radius 2 is 1.85 bits per heavy atom. The second-order valence-electron chi connectivity index (χ2n) is 5.51. The van der Waals surface area contributed by atoms with Gasteiger partial charge in [-0.05, 0) is 31.5 Å². The van der Waals surface area contributed by atoms with Gasteiger partial charge < -0.3 is 0 Å². The van der Waals surface area contributed by atoms with Crippen LogP contribution in [0.5, 0.6) is 0 Å². The summed E-state index contributed by atoms with van der Waals surface area (Å²) < 4.78 is 13.3. The summed E-state index contributed by atoms with van der Waals surface area (Å²) in [6.45, 7) is 8.12. The van der Waals surface area contributed by atoms with Gasteiger partial charge in [-0.1, -0.05) is 12.1 Å². The Kier molecular flexibility index (Phi) is 5.11. The monoisotopic (exact) mass is 275 g/mol. The first-order valence-corrected chi connectivity index (χ1v) is 7.22. The van der Waals surface area contributed by atoms with Crippen molar-refractivity contribution in [1.29, 1.82) is 5.26 Å². The van der Waals surface area contributed by atoms with Gasteiger partial charge in [-0.15, -0.1) is 0 Å². The lowest BCUT2D eigenvalue weighted by Gasteiger charge is -2.40. The van der Waals surface area contributed by atoms with Gasteiger partial charge in [0, 0.05) is 38.3 Å². The molecule has 20 heavy (non-hydrogen) atoms. The van der Waals surface area contributed by atoms with E-state index in [0.29, 0.717) is 12.5 Å². The fourth-order valence-corrected chi connectivity index (χ4v) is 2.80. The summed E-state index contributed by atoms with van der Waals surface area (Å²) in [5.74, 6) is -0.171. The largest absolute Gasteiger partial charge is 0.297 e. The molecule has 3 nitrogen and oxygen atoms in total. The Bertz CT molecular complexity index is 475. The first-order chi connectivity index (χ1) is 9.61. The smallest absolute Gasteiger partial charge is 0.123 e. The van der Waals surface area contributed by atoms with E-state index in [4.69, 9.17) is 5.26 Å². The number of benzene rings is 1. The van der Waals surface area contributed by atoms with Crippen LogP contribution in [0.4, 0.5) is 4.39 Å². The Hall–Kier alpha value is -1.44. The van der Waals surface area contributed by atoms with Crippen LogP contribution >= 0.6 is 0 Å². The standard InChI is InChI=1S/C16H22FN3/c1-13(6-7-18)19-8-10-20(11-9-19)14(2)15-4-3-5-16(17)12-15/h3-5,12-14H,6,8-11H2,1-2H3. The number of rotatable bonds is 4. The van der Waals surface area contributed by atoms with Crippen LogP contribution in [0.15, 0.2) is 24.3 Å². The Morgan fingerprint density at radius 1 is 1.20 bits per heavy atom. The molecule has 2 atom stereocenters. The third-order valence-corrected chi connectivity index (χ3v) is 4.24. The molecule has 1 saturated heterocycles. The highest BCUT2D eigenvalue weighted by atomic mass is 19.1. The minimum atomic E-state index is -0.171. The van der Waals surface area contributed by atoms with Crippen LogP contribution in [0.3, 0.4) is 0 Å². The molecule has 0 radical (unpaired) electrons. The van der Waals surface area contributed by atoms with Crippen molar-refractivity contribution in [2.24, 2.45) is 0 Å². The topological polar surface area (TPSA) is 30.3 Å². The highest BCUT2D eigenvalue weighted by molar-refractivity contribution is 5.19. The first-order valence-electron chi connectivity index (χ1n) is 7.22. The molecule has 1 fully saturated rings. The molecule has 2 unspecified atom stereocenters. The maximum atomic E-state index is 13.3. The van der Waals surface area contributed by atoms with Crippen LogP contribution in [0.1, 0.15) is 31.9 Å². The van der Waals surface area contributed by atoms with E-state index in [0.717, 1.165) is 31.7 Å². The van der Waals surface area contributed by atoms with Crippen LogP contribution in [0, 0.1) is 17.1 Å². The van der Waals surface area contributed by atoms with E-state index in [1.165, 1.54) is 6.07 Å². The maximum Gasteiger partial charge on any atom is 0.123 e. The van der Waals surface area contributed by atoms with E-state index < -0.39 is 0 Å². The van der Waals surface area contributed by atoms with E-state index in [1.54, 1.807) is 12.1 Å². The molecular formula is C16H22FN3. The van der Waals surface area contributed by atoms with Crippen LogP contribution in [-0.2, 0) is 0 Å². The Balaban J connectivity index is 1.92. The van der Waals surface area contributed by atoms with Gasteiger partial charge in [-0.3, -0.25) is 9.80 Å². The van der Waals surface area contributed by atoms with Gasteiger partial charge in [-0.25, -0.2) is 4.39 Å². The van der Waals surface area contributed by atoms with Gasteiger partial charge in [0.1, 0.15) is 5.82 Å². The predicted molar refractivity (Wildman–Crippen MR) is 77.7 cm³/mol. The molecule has 1 heterocycles. The van der Waals surface area contributed by atoms with Gasteiger partial charge in [0.25, 0.3) is 0 Å². The summed E-state index contributed by atoms with van der Waals surface area (Å²) in [5, 5.41) is 8.76. The lowest BCUT2D eigenvalue weighted by Crippen LogP contribution is -2.50. The summed E-state index contributed by atoms with van der Waals surface area (Å²) in [6, 6.07) is 9.65. The molecular weight excluding hydrogens is 253 g/mol. The van der Waals surface area contributed by atoms with Crippen molar-refractivity contribution in [2.75, 3.05) is 26.2 Å². The van der Waals surface area contributed by atoms with Crippen LogP contribution in [0.25, 0.3) is 0 Å². The van der Waals surface area contributed by atoms with Gasteiger partial charge in [-0.2, -0.15) is 5.26 Å². The lowest BCUT2D eigenvalue weighted by atomic mass is 10.1. The van der Waals surface area contributed by atoms with Crippen molar-refractivity contribution in [1.82, 2.24) is 9.80 Å². The van der Waals surface area contributed by atoms with E-state index in [1.807, 2.05) is 6.07 Å². The summed E-state index contributed by atoms with van der Waals surface area (Å²) in [6.07, 6.45) is 0.583. The highest BCUT2D eigenvalue weighted by Crippen LogP contribution is 2.22. The average Bonchev–Trinajstić information content (AvgIpc) is 2.47. The number of hydrogen-bond donors (Lipinski definition) is 0. The first kappa shape index (κ1) is 15.0. The molecule has 1 aromatic rings. The highest BCUT2D eigenvalue weighted by Gasteiger charge is 2.24. The number of halogens is 1. The maximum absolute atomic E-state index is 13.3. The number of nitrogens with zero attached hydrogens (tertiary/aromatic N) is 3. The van der Waals surface area contributed by atoms with Crippen molar-refractivity contribution < 1.29 is 4.39 Å². The Morgan fingerprint density at radius 3 is 2.45 bits per heavy atom. The van der Waals surface area contributed by atoms with Crippen molar-refractivity contribution in [3.8, 4) is 6.07 Å². The zero-order chi connectivity index (χ0) is 14.5.